The summed E-state index contributed by atoms with van der Waals surface area (Å²) in [6.07, 6.45) is 3.31. The normalized spacial score (nSPS) is 11.2. The van der Waals surface area contributed by atoms with E-state index < -0.39 is 0 Å². The molecule has 1 heterocycles. The second kappa shape index (κ2) is 8.30. The molecule has 0 radical (unpaired) electrons. The Morgan fingerprint density at radius 2 is 1.90 bits per heavy atom. The molecule has 0 spiro atoms. The van der Waals surface area contributed by atoms with Gasteiger partial charge < -0.3 is 5.32 Å². The Morgan fingerprint density at radius 1 is 1.14 bits per heavy atom. The second-order valence-electron chi connectivity index (χ2n) is 5.84. The van der Waals surface area contributed by atoms with Gasteiger partial charge in [-0.2, -0.15) is 0 Å². The zero-order valence-corrected chi connectivity index (χ0v) is 14.2. The van der Waals surface area contributed by atoms with Gasteiger partial charge in [0.25, 0.3) is 0 Å². The summed E-state index contributed by atoms with van der Waals surface area (Å²) in [5, 5.41) is 4.81. The van der Waals surface area contributed by atoms with Gasteiger partial charge in [-0.25, -0.2) is 4.98 Å². The number of hydrogen-bond donors (Lipinski definition) is 1. The van der Waals surface area contributed by atoms with Crippen LogP contribution in [0.5, 0.6) is 0 Å². The molecule has 0 aliphatic heterocycles. The van der Waals surface area contributed by atoms with Crippen molar-refractivity contribution in [2.24, 2.45) is 5.92 Å². The Bertz CT molecular complexity index is 531. The fourth-order valence-electron chi connectivity index (χ4n) is 2.30. The Hall–Kier alpha value is -1.19. The number of nitrogens with zero attached hydrogens (tertiary/aromatic N) is 1. The van der Waals surface area contributed by atoms with E-state index in [0.717, 1.165) is 32.4 Å². The molecule has 2 nitrogen and oxygen atoms in total. The molecule has 1 aromatic carbocycles. The van der Waals surface area contributed by atoms with Crippen LogP contribution < -0.4 is 5.32 Å². The van der Waals surface area contributed by atoms with Crippen molar-refractivity contribution in [1.82, 2.24) is 10.3 Å². The summed E-state index contributed by atoms with van der Waals surface area (Å²) in [5.74, 6) is 0.704. The number of nitrogens with one attached hydrogen (secondary N) is 1. The fourth-order valence-corrected chi connectivity index (χ4v) is 3.50. The van der Waals surface area contributed by atoms with Crippen LogP contribution in [-0.2, 0) is 12.8 Å². The maximum Gasteiger partial charge on any atom is 0.0935 e. The molecule has 21 heavy (non-hydrogen) atoms. The number of aromatic nitrogens is 1. The first-order valence-electron chi connectivity index (χ1n) is 7.95. The minimum atomic E-state index is 0.704. The van der Waals surface area contributed by atoms with Gasteiger partial charge in [-0.15, -0.1) is 11.3 Å². The average molecular weight is 302 g/mol. The van der Waals surface area contributed by atoms with Crippen LogP contribution in [-0.4, -0.2) is 18.1 Å². The molecule has 3 heteroatoms. The third-order valence-corrected chi connectivity index (χ3v) is 4.51. The fraction of sp³-hybridized carbons (Fsp3) is 0.500. The van der Waals surface area contributed by atoms with E-state index in [0.29, 0.717) is 5.92 Å². The number of aryl methyl sites for hydroxylation is 1. The summed E-state index contributed by atoms with van der Waals surface area (Å²) in [6.45, 7) is 8.82. The van der Waals surface area contributed by atoms with E-state index >= 15 is 0 Å². The molecule has 1 aromatic heterocycles. The van der Waals surface area contributed by atoms with E-state index in [1.807, 2.05) is 11.3 Å². The van der Waals surface area contributed by atoms with Crippen LogP contribution in [0.25, 0.3) is 11.3 Å². The molecule has 2 aromatic rings. The van der Waals surface area contributed by atoms with Crippen molar-refractivity contribution in [2.45, 2.75) is 40.0 Å². The highest BCUT2D eigenvalue weighted by Crippen LogP contribution is 2.29. The zero-order chi connectivity index (χ0) is 15.1. The van der Waals surface area contributed by atoms with Crippen LogP contribution in [0.3, 0.4) is 0 Å². The second-order valence-corrected chi connectivity index (χ2v) is 7.01. The zero-order valence-electron chi connectivity index (χ0n) is 13.4. The third kappa shape index (κ3) is 4.94. The van der Waals surface area contributed by atoms with Gasteiger partial charge in [-0.05, 0) is 31.7 Å². The molecule has 1 N–H and O–H groups in total. The summed E-state index contributed by atoms with van der Waals surface area (Å²) in [4.78, 5) is 6.29. The third-order valence-electron chi connectivity index (χ3n) is 3.33. The van der Waals surface area contributed by atoms with E-state index in [9.17, 15) is 0 Å². The number of hydrogen-bond acceptors (Lipinski definition) is 3. The summed E-state index contributed by atoms with van der Waals surface area (Å²) >= 11 is 1.89. The van der Waals surface area contributed by atoms with Crippen molar-refractivity contribution < 1.29 is 0 Å². The van der Waals surface area contributed by atoms with Gasteiger partial charge in [-0.1, -0.05) is 51.1 Å². The van der Waals surface area contributed by atoms with Gasteiger partial charge in [0, 0.05) is 17.0 Å². The van der Waals surface area contributed by atoms with Crippen LogP contribution in [0, 0.1) is 5.92 Å². The minimum absolute atomic E-state index is 0.704. The topological polar surface area (TPSA) is 24.9 Å². The first kappa shape index (κ1) is 16.2. The molecule has 0 bridgehead atoms. The standard InChI is InChI=1S/C18H26N2S/c1-4-8-17-20-18(15-9-6-5-7-10-15)16(21-17)11-12-19-13-14(2)3/h5-7,9-10,14,19H,4,8,11-13H2,1-3H3. The molecule has 0 fully saturated rings. The maximum atomic E-state index is 4.87. The predicted molar refractivity (Wildman–Crippen MR) is 93.0 cm³/mol. The van der Waals surface area contributed by atoms with Crippen molar-refractivity contribution in [2.75, 3.05) is 13.1 Å². The minimum Gasteiger partial charge on any atom is -0.316 e. The lowest BCUT2D eigenvalue weighted by molar-refractivity contribution is 0.555. The van der Waals surface area contributed by atoms with Crippen LogP contribution in [0.2, 0.25) is 0 Å². The SMILES string of the molecule is CCCc1nc(-c2ccccc2)c(CCNCC(C)C)s1. The van der Waals surface area contributed by atoms with Crippen LogP contribution in [0.4, 0.5) is 0 Å². The van der Waals surface area contributed by atoms with Crippen LogP contribution >= 0.6 is 11.3 Å². The summed E-state index contributed by atoms with van der Waals surface area (Å²) in [6, 6.07) is 10.6. The molecule has 0 saturated carbocycles. The van der Waals surface area contributed by atoms with Crippen molar-refractivity contribution in [3.8, 4) is 11.3 Å². The lowest BCUT2D eigenvalue weighted by atomic mass is 10.1. The predicted octanol–water partition coefficient (Wildman–Crippen LogP) is 4.55. The molecule has 2 rings (SSSR count). The van der Waals surface area contributed by atoms with Crippen LogP contribution in [0.1, 0.15) is 37.1 Å². The van der Waals surface area contributed by atoms with Gasteiger partial charge in [0.05, 0.1) is 10.7 Å². The van der Waals surface area contributed by atoms with E-state index in [-0.39, 0.29) is 0 Å². The first-order valence-corrected chi connectivity index (χ1v) is 8.77. The number of benzene rings is 1. The Labute approximate surface area is 132 Å². The highest BCUT2D eigenvalue weighted by Gasteiger charge is 2.12. The van der Waals surface area contributed by atoms with Crippen LogP contribution in [0.15, 0.2) is 30.3 Å². The monoisotopic (exact) mass is 302 g/mol. The van der Waals surface area contributed by atoms with Gasteiger partial charge >= 0.3 is 0 Å². The molecule has 0 aliphatic carbocycles. The molecule has 0 atom stereocenters. The molecular formula is C18H26N2S. The molecule has 0 aliphatic rings. The highest BCUT2D eigenvalue weighted by atomic mass is 32.1. The maximum absolute atomic E-state index is 4.87. The van der Waals surface area contributed by atoms with Crippen molar-refractivity contribution in [3.05, 3.63) is 40.2 Å². The molecule has 0 saturated heterocycles. The molecule has 114 valence electrons. The summed E-state index contributed by atoms with van der Waals surface area (Å²) in [5.41, 5.74) is 2.44. The average Bonchev–Trinajstić information content (AvgIpc) is 2.88. The van der Waals surface area contributed by atoms with Gasteiger partial charge in [-0.3, -0.25) is 0 Å². The van der Waals surface area contributed by atoms with E-state index in [4.69, 9.17) is 4.98 Å². The quantitative estimate of drug-likeness (QED) is 0.724. The largest absolute Gasteiger partial charge is 0.316 e. The summed E-state index contributed by atoms with van der Waals surface area (Å²) in [7, 11) is 0. The number of thiazole rings is 1. The van der Waals surface area contributed by atoms with Crippen molar-refractivity contribution in [3.63, 3.8) is 0 Å². The summed E-state index contributed by atoms with van der Waals surface area (Å²) < 4.78 is 0. The Balaban J connectivity index is 2.10. The van der Waals surface area contributed by atoms with E-state index in [2.05, 4.69) is 56.4 Å². The van der Waals surface area contributed by atoms with Gasteiger partial charge in [0.1, 0.15) is 0 Å². The Kier molecular flexibility index (Phi) is 6.40. The van der Waals surface area contributed by atoms with Gasteiger partial charge in [0.15, 0.2) is 0 Å². The lowest BCUT2D eigenvalue weighted by Gasteiger charge is -2.07. The van der Waals surface area contributed by atoms with Gasteiger partial charge in [0.2, 0.25) is 0 Å². The van der Waals surface area contributed by atoms with E-state index in [1.54, 1.807) is 0 Å². The number of rotatable bonds is 8. The molecular weight excluding hydrogens is 276 g/mol. The van der Waals surface area contributed by atoms with Crippen molar-refractivity contribution in [1.29, 1.82) is 0 Å². The first-order chi connectivity index (χ1) is 10.2. The Morgan fingerprint density at radius 3 is 2.57 bits per heavy atom. The van der Waals surface area contributed by atoms with Crippen molar-refractivity contribution >= 4 is 11.3 Å². The molecule has 0 amide bonds. The lowest BCUT2D eigenvalue weighted by Crippen LogP contribution is -2.22. The smallest absolute Gasteiger partial charge is 0.0935 e. The highest BCUT2D eigenvalue weighted by molar-refractivity contribution is 7.12. The molecule has 0 unspecified atom stereocenters. The van der Waals surface area contributed by atoms with E-state index in [1.165, 1.54) is 21.1 Å².